The van der Waals surface area contributed by atoms with E-state index in [1.807, 2.05) is 25.1 Å². The molecule has 1 aromatic carbocycles. The fourth-order valence-electron chi connectivity index (χ4n) is 1.95. The van der Waals surface area contributed by atoms with Gasteiger partial charge in [-0.1, -0.05) is 6.07 Å². The molecule has 0 radical (unpaired) electrons. The van der Waals surface area contributed by atoms with Crippen molar-refractivity contribution in [1.82, 2.24) is 4.98 Å². The van der Waals surface area contributed by atoms with Crippen molar-refractivity contribution in [1.29, 1.82) is 0 Å². The Morgan fingerprint density at radius 3 is 2.65 bits per heavy atom. The number of nitrogen functional groups attached to an aromatic ring is 1. The monoisotopic (exact) mass is 271 g/mol. The first-order valence-electron chi connectivity index (χ1n) is 6.26. The average molecular weight is 271 g/mol. The number of nitrogens with two attached hydrogens (primary N) is 1. The highest BCUT2D eigenvalue weighted by Gasteiger charge is 2.14. The molecule has 2 rings (SSSR count). The first-order chi connectivity index (χ1) is 9.63. The third kappa shape index (κ3) is 2.88. The number of hydrogen-bond acceptors (Lipinski definition) is 5. The Labute approximate surface area is 117 Å². The zero-order chi connectivity index (χ0) is 14.5. The molecule has 0 saturated carbocycles. The lowest BCUT2D eigenvalue weighted by molar-refractivity contribution is 0.0602. The summed E-state index contributed by atoms with van der Waals surface area (Å²) >= 11 is 0. The van der Waals surface area contributed by atoms with E-state index in [9.17, 15) is 4.79 Å². The van der Waals surface area contributed by atoms with E-state index >= 15 is 0 Å². The first-order valence-corrected chi connectivity index (χ1v) is 6.26. The molecule has 5 heteroatoms. The molecule has 2 aromatic rings. The lowest BCUT2D eigenvalue weighted by atomic mass is 10.1. The van der Waals surface area contributed by atoms with Gasteiger partial charge < -0.3 is 15.8 Å². The summed E-state index contributed by atoms with van der Waals surface area (Å²) < 4.78 is 4.71. The van der Waals surface area contributed by atoms with Gasteiger partial charge in [0, 0.05) is 18.4 Å². The normalized spacial score (nSPS) is 11.7. The first kappa shape index (κ1) is 13.9. The van der Waals surface area contributed by atoms with Crippen molar-refractivity contribution in [3.05, 3.63) is 53.9 Å². The van der Waals surface area contributed by atoms with Crippen LogP contribution in [0.1, 0.15) is 28.9 Å². The summed E-state index contributed by atoms with van der Waals surface area (Å²) in [4.78, 5) is 15.6. The number of nitrogens with zero attached hydrogens (tertiary/aromatic N) is 1. The fraction of sp³-hybridized carbons (Fsp3) is 0.200. The average Bonchev–Trinajstić information content (AvgIpc) is 2.49. The molecule has 0 saturated heterocycles. The summed E-state index contributed by atoms with van der Waals surface area (Å²) in [6, 6.07) is 9.15. The van der Waals surface area contributed by atoms with Crippen molar-refractivity contribution in [2.45, 2.75) is 13.0 Å². The summed E-state index contributed by atoms with van der Waals surface area (Å²) in [5.74, 6) is -0.442. The Morgan fingerprint density at radius 1 is 1.30 bits per heavy atom. The third-order valence-electron chi connectivity index (χ3n) is 3.09. The van der Waals surface area contributed by atoms with Crippen LogP contribution in [0.3, 0.4) is 0 Å². The van der Waals surface area contributed by atoms with E-state index in [-0.39, 0.29) is 6.04 Å². The predicted octanol–water partition coefficient (Wildman–Crippen LogP) is 2.62. The Bertz CT molecular complexity index is 599. The summed E-state index contributed by atoms with van der Waals surface area (Å²) in [5, 5.41) is 3.29. The number of methoxy groups -OCH3 is 1. The zero-order valence-electron chi connectivity index (χ0n) is 11.5. The van der Waals surface area contributed by atoms with Crippen molar-refractivity contribution >= 4 is 17.3 Å². The molecule has 1 heterocycles. The highest BCUT2D eigenvalue weighted by Crippen LogP contribution is 2.27. The van der Waals surface area contributed by atoms with Crippen LogP contribution >= 0.6 is 0 Å². The van der Waals surface area contributed by atoms with Gasteiger partial charge in [0.1, 0.15) is 0 Å². The van der Waals surface area contributed by atoms with E-state index < -0.39 is 5.97 Å². The smallest absolute Gasteiger partial charge is 0.340 e. The highest BCUT2D eigenvalue weighted by molar-refractivity contribution is 5.98. The third-order valence-corrected chi connectivity index (χ3v) is 3.09. The largest absolute Gasteiger partial charge is 0.465 e. The number of anilines is 2. The van der Waals surface area contributed by atoms with Crippen LogP contribution < -0.4 is 11.1 Å². The summed E-state index contributed by atoms with van der Waals surface area (Å²) in [6.45, 7) is 2.01. The van der Waals surface area contributed by atoms with Gasteiger partial charge >= 0.3 is 5.97 Å². The van der Waals surface area contributed by atoms with Crippen LogP contribution in [0.25, 0.3) is 0 Å². The molecule has 1 aromatic heterocycles. The van der Waals surface area contributed by atoms with Crippen molar-refractivity contribution in [3.63, 3.8) is 0 Å². The predicted molar refractivity (Wildman–Crippen MR) is 78.5 cm³/mol. The van der Waals surface area contributed by atoms with Gasteiger partial charge in [-0.15, -0.1) is 0 Å². The van der Waals surface area contributed by atoms with Crippen molar-refractivity contribution in [2.24, 2.45) is 0 Å². The van der Waals surface area contributed by atoms with Crippen LogP contribution in [-0.4, -0.2) is 18.1 Å². The van der Waals surface area contributed by atoms with Crippen molar-refractivity contribution in [2.75, 3.05) is 18.2 Å². The Hall–Kier alpha value is -2.56. The summed E-state index contributed by atoms with van der Waals surface area (Å²) in [7, 11) is 1.33. The molecule has 0 aliphatic heterocycles. The molecule has 0 amide bonds. The van der Waals surface area contributed by atoms with Crippen molar-refractivity contribution < 1.29 is 9.53 Å². The van der Waals surface area contributed by atoms with Gasteiger partial charge in [-0.25, -0.2) is 4.79 Å². The van der Waals surface area contributed by atoms with Gasteiger partial charge in [0.2, 0.25) is 0 Å². The van der Waals surface area contributed by atoms with E-state index in [0.717, 1.165) is 5.56 Å². The molecule has 0 aliphatic rings. The van der Waals surface area contributed by atoms with Crippen LogP contribution in [-0.2, 0) is 4.74 Å². The number of ether oxygens (including phenoxy) is 1. The van der Waals surface area contributed by atoms with Crippen LogP contribution in [0.5, 0.6) is 0 Å². The SMILES string of the molecule is COC(=O)c1cccc(NC(C)c2ccncc2)c1N. The fourth-order valence-corrected chi connectivity index (χ4v) is 1.95. The number of carbonyl (C=O) groups is 1. The maximum Gasteiger partial charge on any atom is 0.340 e. The maximum absolute atomic E-state index is 11.6. The second-order valence-electron chi connectivity index (χ2n) is 4.40. The number of hydrogen-bond donors (Lipinski definition) is 2. The van der Waals surface area contributed by atoms with Gasteiger partial charge in [-0.3, -0.25) is 4.98 Å². The molecule has 104 valence electrons. The number of para-hydroxylation sites is 1. The molecular formula is C15H17N3O2. The van der Waals surface area contributed by atoms with E-state index in [1.165, 1.54) is 7.11 Å². The van der Waals surface area contributed by atoms with E-state index in [4.69, 9.17) is 10.5 Å². The van der Waals surface area contributed by atoms with E-state index in [1.54, 1.807) is 24.5 Å². The van der Waals surface area contributed by atoms with E-state index in [2.05, 4.69) is 10.3 Å². The quantitative estimate of drug-likeness (QED) is 0.660. The van der Waals surface area contributed by atoms with Crippen LogP contribution in [0, 0.1) is 0 Å². The van der Waals surface area contributed by atoms with Crippen LogP contribution in [0.4, 0.5) is 11.4 Å². The Morgan fingerprint density at radius 2 is 2.00 bits per heavy atom. The number of benzene rings is 1. The molecule has 1 unspecified atom stereocenters. The van der Waals surface area contributed by atoms with Gasteiger partial charge in [0.25, 0.3) is 0 Å². The second kappa shape index (κ2) is 6.06. The minimum absolute atomic E-state index is 0.0493. The molecule has 3 N–H and O–H groups in total. The minimum atomic E-state index is -0.442. The molecule has 0 spiro atoms. The molecule has 0 fully saturated rings. The molecule has 20 heavy (non-hydrogen) atoms. The summed E-state index contributed by atoms with van der Waals surface area (Å²) in [5.41, 5.74) is 8.55. The van der Waals surface area contributed by atoms with Gasteiger partial charge in [-0.2, -0.15) is 0 Å². The topological polar surface area (TPSA) is 77.2 Å². The lowest BCUT2D eigenvalue weighted by Crippen LogP contribution is -2.12. The molecule has 0 aliphatic carbocycles. The number of nitrogens with one attached hydrogen (secondary N) is 1. The van der Waals surface area contributed by atoms with Crippen LogP contribution in [0.15, 0.2) is 42.7 Å². The Balaban J connectivity index is 2.24. The second-order valence-corrected chi connectivity index (χ2v) is 4.40. The zero-order valence-corrected chi connectivity index (χ0v) is 11.5. The van der Waals surface area contributed by atoms with Gasteiger partial charge in [0.05, 0.1) is 24.0 Å². The molecule has 1 atom stereocenters. The van der Waals surface area contributed by atoms with Crippen molar-refractivity contribution in [3.8, 4) is 0 Å². The summed E-state index contributed by atoms with van der Waals surface area (Å²) in [6.07, 6.45) is 3.48. The lowest BCUT2D eigenvalue weighted by Gasteiger charge is -2.18. The van der Waals surface area contributed by atoms with E-state index in [0.29, 0.717) is 16.9 Å². The van der Waals surface area contributed by atoms with Gasteiger partial charge in [-0.05, 0) is 36.8 Å². The highest BCUT2D eigenvalue weighted by atomic mass is 16.5. The molecular weight excluding hydrogens is 254 g/mol. The molecule has 5 nitrogen and oxygen atoms in total. The number of aromatic nitrogens is 1. The Kier molecular flexibility index (Phi) is 4.20. The number of carbonyl (C=O) groups excluding carboxylic acids is 1. The minimum Gasteiger partial charge on any atom is -0.465 e. The standard InChI is InChI=1S/C15H17N3O2/c1-10(11-6-8-17-9-7-11)18-13-5-3-4-12(14(13)16)15(19)20-2/h3-10,18H,16H2,1-2H3. The van der Waals surface area contributed by atoms with Crippen LogP contribution in [0.2, 0.25) is 0 Å². The van der Waals surface area contributed by atoms with Gasteiger partial charge in [0.15, 0.2) is 0 Å². The maximum atomic E-state index is 11.6. The number of esters is 1. The number of rotatable bonds is 4. The molecule has 0 bridgehead atoms. The number of pyridine rings is 1.